The van der Waals surface area contributed by atoms with Crippen LogP contribution in [-0.2, 0) is 0 Å². The molecule has 1 aromatic heterocycles. The lowest BCUT2D eigenvalue weighted by Gasteiger charge is -2.16. The van der Waals surface area contributed by atoms with E-state index in [0.29, 0.717) is 11.6 Å². The van der Waals surface area contributed by atoms with Crippen molar-refractivity contribution in [2.24, 2.45) is 0 Å². The molecule has 0 amide bonds. The molecule has 1 aromatic carbocycles. The van der Waals surface area contributed by atoms with Crippen LogP contribution in [0.5, 0.6) is 0 Å². The van der Waals surface area contributed by atoms with Gasteiger partial charge in [-0.2, -0.15) is 0 Å². The lowest BCUT2D eigenvalue weighted by Crippen LogP contribution is -2.24. The second-order valence-electron chi connectivity index (χ2n) is 4.18. The van der Waals surface area contributed by atoms with E-state index in [0.717, 1.165) is 11.3 Å². The van der Waals surface area contributed by atoms with Crippen LogP contribution < -0.4 is 5.32 Å². The van der Waals surface area contributed by atoms with E-state index >= 15 is 0 Å². The first-order valence-corrected chi connectivity index (χ1v) is 6.25. The van der Waals surface area contributed by atoms with Crippen molar-refractivity contribution in [2.45, 2.75) is 19.1 Å². The predicted molar refractivity (Wildman–Crippen MR) is 71.5 cm³/mol. The van der Waals surface area contributed by atoms with Crippen LogP contribution in [0.2, 0.25) is 5.02 Å². The molecular formula is C14H16ClNO2. The summed E-state index contributed by atoms with van der Waals surface area (Å²) in [5.41, 5.74) is 0.735. The number of nitrogens with one attached hydrogen (secondary N) is 1. The Kier molecular flexibility index (Phi) is 4.42. The van der Waals surface area contributed by atoms with Gasteiger partial charge in [0.2, 0.25) is 0 Å². The monoisotopic (exact) mass is 265 g/mol. The van der Waals surface area contributed by atoms with E-state index in [9.17, 15) is 5.11 Å². The number of aliphatic hydroxyl groups is 1. The average Bonchev–Trinajstić information content (AvgIpc) is 2.90. The van der Waals surface area contributed by atoms with Gasteiger partial charge < -0.3 is 14.8 Å². The van der Waals surface area contributed by atoms with E-state index < -0.39 is 6.10 Å². The number of rotatable bonds is 5. The van der Waals surface area contributed by atoms with E-state index in [1.165, 1.54) is 0 Å². The summed E-state index contributed by atoms with van der Waals surface area (Å²) in [6.45, 7) is 2.41. The van der Waals surface area contributed by atoms with Crippen molar-refractivity contribution in [1.82, 2.24) is 5.32 Å². The van der Waals surface area contributed by atoms with Crippen LogP contribution in [0.25, 0.3) is 0 Å². The van der Waals surface area contributed by atoms with Gasteiger partial charge >= 0.3 is 0 Å². The van der Waals surface area contributed by atoms with Crippen LogP contribution in [0, 0.1) is 0 Å². The number of hydrogen-bond donors (Lipinski definition) is 2. The average molecular weight is 266 g/mol. The topological polar surface area (TPSA) is 45.4 Å². The minimum atomic E-state index is -0.629. The molecule has 0 aliphatic heterocycles. The molecule has 0 radical (unpaired) electrons. The molecule has 0 aliphatic rings. The van der Waals surface area contributed by atoms with Crippen molar-refractivity contribution in [3.05, 3.63) is 59.0 Å². The molecule has 0 fully saturated rings. The van der Waals surface area contributed by atoms with Crippen molar-refractivity contribution in [2.75, 3.05) is 6.54 Å². The van der Waals surface area contributed by atoms with Gasteiger partial charge in [0.05, 0.1) is 18.4 Å². The van der Waals surface area contributed by atoms with E-state index in [2.05, 4.69) is 5.32 Å². The third kappa shape index (κ3) is 3.13. The van der Waals surface area contributed by atoms with Gasteiger partial charge in [0.1, 0.15) is 5.76 Å². The Hall–Kier alpha value is -1.29. The first-order chi connectivity index (χ1) is 8.68. The summed E-state index contributed by atoms with van der Waals surface area (Å²) in [4.78, 5) is 0. The molecule has 0 spiro atoms. The molecule has 2 N–H and O–H groups in total. The number of aliphatic hydroxyl groups excluding tert-OH is 1. The summed E-state index contributed by atoms with van der Waals surface area (Å²) in [6.07, 6.45) is 1.01. The largest absolute Gasteiger partial charge is 0.468 e. The highest BCUT2D eigenvalue weighted by molar-refractivity contribution is 6.31. The van der Waals surface area contributed by atoms with Gasteiger partial charge in [-0.1, -0.05) is 29.8 Å². The molecule has 2 rings (SSSR count). The van der Waals surface area contributed by atoms with E-state index in [-0.39, 0.29) is 6.04 Å². The lowest BCUT2D eigenvalue weighted by molar-refractivity contribution is 0.169. The second-order valence-corrected chi connectivity index (χ2v) is 4.59. The molecule has 1 heterocycles. The fourth-order valence-electron chi connectivity index (χ4n) is 1.78. The van der Waals surface area contributed by atoms with Crippen LogP contribution in [-0.4, -0.2) is 11.7 Å². The fourth-order valence-corrected chi connectivity index (χ4v) is 2.04. The van der Waals surface area contributed by atoms with Crippen molar-refractivity contribution in [3.63, 3.8) is 0 Å². The smallest absolute Gasteiger partial charge is 0.120 e. The van der Waals surface area contributed by atoms with Gasteiger partial charge in [-0.3, -0.25) is 0 Å². The van der Waals surface area contributed by atoms with Crippen molar-refractivity contribution >= 4 is 11.6 Å². The Balaban J connectivity index is 1.93. The predicted octanol–water partition coefficient (Wildman–Crippen LogP) is 3.32. The molecule has 1 unspecified atom stereocenters. The van der Waals surface area contributed by atoms with Gasteiger partial charge in [-0.25, -0.2) is 0 Å². The van der Waals surface area contributed by atoms with Gasteiger partial charge in [-0.05, 0) is 25.1 Å². The highest BCUT2D eigenvalue weighted by atomic mass is 35.5. The highest BCUT2D eigenvalue weighted by Crippen LogP contribution is 2.22. The molecular weight excluding hydrogens is 250 g/mol. The number of hydrogen-bond acceptors (Lipinski definition) is 3. The first kappa shape index (κ1) is 13.1. The molecule has 96 valence electrons. The summed E-state index contributed by atoms with van der Waals surface area (Å²) in [5.74, 6) is 0.848. The highest BCUT2D eigenvalue weighted by Gasteiger charge is 2.13. The minimum absolute atomic E-state index is 0.0529. The van der Waals surface area contributed by atoms with Gasteiger partial charge in [0, 0.05) is 17.1 Å². The van der Waals surface area contributed by atoms with Crippen LogP contribution in [0.15, 0.2) is 47.1 Å². The second kappa shape index (κ2) is 6.05. The van der Waals surface area contributed by atoms with Crippen LogP contribution >= 0.6 is 11.6 Å². The van der Waals surface area contributed by atoms with Gasteiger partial charge in [0.25, 0.3) is 0 Å². The Bertz CT molecular complexity index is 484. The standard InChI is InChI=1S/C14H16ClNO2/c1-10(14-7-4-8-18-14)16-9-13(17)11-5-2-3-6-12(11)15/h2-8,10,13,16-17H,9H2,1H3/t10-,13?/m0/s1. The zero-order valence-electron chi connectivity index (χ0n) is 10.1. The third-order valence-corrected chi connectivity index (χ3v) is 3.20. The maximum Gasteiger partial charge on any atom is 0.120 e. The van der Waals surface area contributed by atoms with Crippen molar-refractivity contribution in [1.29, 1.82) is 0 Å². The van der Waals surface area contributed by atoms with E-state index in [1.807, 2.05) is 37.3 Å². The molecule has 18 heavy (non-hydrogen) atoms. The minimum Gasteiger partial charge on any atom is -0.468 e. The zero-order valence-corrected chi connectivity index (χ0v) is 10.9. The van der Waals surface area contributed by atoms with Crippen LogP contribution in [0.4, 0.5) is 0 Å². The number of halogens is 1. The summed E-state index contributed by atoms with van der Waals surface area (Å²) in [7, 11) is 0. The number of furan rings is 1. The Morgan fingerprint density at radius 3 is 2.72 bits per heavy atom. The van der Waals surface area contributed by atoms with Crippen molar-refractivity contribution in [3.8, 4) is 0 Å². The van der Waals surface area contributed by atoms with Gasteiger partial charge in [-0.15, -0.1) is 0 Å². The Labute approximate surface area is 111 Å². The van der Waals surface area contributed by atoms with Crippen molar-refractivity contribution < 1.29 is 9.52 Å². The molecule has 0 aliphatic carbocycles. The summed E-state index contributed by atoms with van der Waals surface area (Å²) >= 11 is 6.03. The molecule has 2 aromatic rings. The normalized spacial score (nSPS) is 14.4. The fraction of sp³-hybridized carbons (Fsp3) is 0.286. The molecule has 0 bridgehead atoms. The summed E-state index contributed by atoms with van der Waals surface area (Å²) in [5, 5.41) is 13.9. The maximum atomic E-state index is 10.1. The Morgan fingerprint density at radius 1 is 1.28 bits per heavy atom. The molecule has 3 nitrogen and oxygen atoms in total. The maximum absolute atomic E-state index is 10.1. The number of benzene rings is 1. The van der Waals surface area contributed by atoms with E-state index in [1.54, 1.807) is 12.3 Å². The molecule has 2 atom stereocenters. The first-order valence-electron chi connectivity index (χ1n) is 5.87. The third-order valence-electron chi connectivity index (χ3n) is 2.85. The van der Waals surface area contributed by atoms with Gasteiger partial charge in [0.15, 0.2) is 0 Å². The SMILES string of the molecule is C[C@H](NCC(O)c1ccccc1Cl)c1ccco1. The zero-order chi connectivity index (χ0) is 13.0. The Morgan fingerprint density at radius 2 is 2.06 bits per heavy atom. The van der Waals surface area contributed by atoms with Crippen LogP contribution in [0.1, 0.15) is 30.4 Å². The molecule has 0 saturated carbocycles. The van der Waals surface area contributed by atoms with E-state index in [4.69, 9.17) is 16.0 Å². The molecule has 4 heteroatoms. The quantitative estimate of drug-likeness (QED) is 0.872. The lowest BCUT2D eigenvalue weighted by atomic mass is 10.1. The summed E-state index contributed by atoms with van der Waals surface area (Å²) in [6, 6.07) is 11.1. The molecule has 0 saturated heterocycles. The van der Waals surface area contributed by atoms with Crippen LogP contribution in [0.3, 0.4) is 0 Å². The summed E-state index contributed by atoms with van der Waals surface area (Å²) < 4.78 is 5.29.